The van der Waals surface area contributed by atoms with Gasteiger partial charge in [0.05, 0.1) is 6.10 Å². The van der Waals surface area contributed by atoms with Gasteiger partial charge in [0.2, 0.25) is 0 Å². The Labute approximate surface area is 161 Å². The van der Waals surface area contributed by atoms with Gasteiger partial charge < -0.3 is 10.2 Å². The molecule has 2 aromatic carbocycles. The van der Waals surface area contributed by atoms with Crippen molar-refractivity contribution in [1.82, 2.24) is 4.90 Å². The number of likely N-dealkylation sites (tertiary alicyclic amines) is 1. The van der Waals surface area contributed by atoms with E-state index in [0.29, 0.717) is 24.3 Å². The number of aliphatic hydroxyl groups is 1. The summed E-state index contributed by atoms with van der Waals surface area (Å²) in [6.07, 6.45) is 6.90. The van der Waals surface area contributed by atoms with Crippen molar-refractivity contribution in [2.75, 3.05) is 13.1 Å². The molecule has 1 saturated carbocycles. The third-order valence-electron chi connectivity index (χ3n) is 7.53. The van der Waals surface area contributed by atoms with Gasteiger partial charge >= 0.3 is 0 Å². The minimum Gasteiger partial charge on any atom is -0.508 e. The smallest absolute Gasteiger partial charge is 0.115 e. The number of hydrogen-bond donors (Lipinski definition) is 2. The summed E-state index contributed by atoms with van der Waals surface area (Å²) in [6, 6.07) is 16.6. The van der Waals surface area contributed by atoms with E-state index in [9.17, 15) is 10.2 Å². The lowest BCUT2D eigenvalue weighted by Gasteiger charge is -2.59. The van der Waals surface area contributed by atoms with Gasteiger partial charge in [0.15, 0.2) is 0 Å². The first kappa shape index (κ1) is 17.3. The van der Waals surface area contributed by atoms with Gasteiger partial charge in [0.25, 0.3) is 0 Å². The molecule has 3 aliphatic rings. The number of piperidine rings is 1. The molecule has 1 heterocycles. The summed E-state index contributed by atoms with van der Waals surface area (Å²) in [5.41, 5.74) is 4.09. The van der Waals surface area contributed by atoms with Crippen LogP contribution in [0.3, 0.4) is 0 Å². The quantitative estimate of drug-likeness (QED) is 0.860. The van der Waals surface area contributed by atoms with Gasteiger partial charge in [-0.2, -0.15) is 0 Å². The highest BCUT2D eigenvalue weighted by Gasteiger charge is 2.53. The maximum absolute atomic E-state index is 10.8. The topological polar surface area (TPSA) is 43.7 Å². The molecular weight excluding hydrogens is 334 g/mol. The number of benzene rings is 2. The average Bonchev–Trinajstić information content (AvgIpc) is 2.71. The van der Waals surface area contributed by atoms with Crippen LogP contribution in [0.4, 0.5) is 0 Å². The molecule has 1 unspecified atom stereocenters. The van der Waals surface area contributed by atoms with E-state index in [1.54, 1.807) is 0 Å². The number of phenols is 1. The monoisotopic (exact) mass is 363 g/mol. The summed E-state index contributed by atoms with van der Waals surface area (Å²) >= 11 is 0. The lowest BCUT2D eigenvalue weighted by atomic mass is 9.52. The largest absolute Gasteiger partial charge is 0.508 e. The zero-order valence-electron chi connectivity index (χ0n) is 15.8. The van der Waals surface area contributed by atoms with Gasteiger partial charge in [-0.25, -0.2) is 0 Å². The van der Waals surface area contributed by atoms with Crippen LogP contribution >= 0.6 is 0 Å². The molecule has 0 aromatic heterocycles. The lowest BCUT2D eigenvalue weighted by Crippen LogP contribution is -2.61. The SMILES string of the molecule is Oc1ccc2c(c1)[C@]13CCCC[C@H]1[C@H](C2)N(CC(O)c1ccccc1)CC3. The molecule has 4 atom stereocenters. The van der Waals surface area contributed by atoms with E-state index >= 15 is 0 Å². The fourth-order valence-electron chi connectivity index (χ4n) is 6.30. The maximum atomic E-state index is 10.8. The van der Waals surface area contributed by atoms with Gasteiger partial charge in [0.1, 0.15) is 5.75 Å². The van der Waals surface area contributed by atoms with Crippen LogP contribution < -0.4 is 0 Å². The molecule has 2 fully saturated rings. The van der Waals surface area contributed by atoms with Crippen molar-refractivity contribution in [3.8, 4) is 5.75 Å². The third kappa shape index (κ3) is 2.79. The van der Waals surface area contributed by atoms with Crippen LogP contribution in [-0.2, 0) is 11.8 Å². The number of aliphatic hydroxyl groups excluding tert-OH is 1. The molecule has 2 aliphatic carbocycles. The molecule has 0 amide bonds. The van der Waals surface area contributed by atoms with E-state index in [0.717, 1.165) is 24.9 Å². The van der Waals surface area contributed by atoms with E-state index < -0.39 is 6.10 Å². The lowest BCUT2D eigenvalue weighted by molar-refractivity contribution is -0.0311. The van der Waals surface area contributed by atoms with Gasteiger partial charge in [-0.3, -0.25) is 4.90 Å². The van der Waals surface area contributed by atoms with E-state index in [1.165, 1.54) is 36.8 Å². The predicted octanol–water partition coefficient (Wildman–Crippen LogP) is 4.18. The Kier molecular flexibility index (Phi) is 4.25. The summed E-state index contributed by atoms with van der Waals surface area (Å²) in [5.74, 6) is 1.06. The maximum Gasteiger partial charge on any atom is 0.115 e. The fourth-order valence-corrected chi connectivity index (χ4v) is 6.30. The number of phenolic OH excluding ortho intramolecular Hbond substituents is 1. The number of aromatic hydroxyl groups is 1. The first-order chi connectivity index (χ1) is 13.2. The molecule has 5 rings (SSSR count). The molecule has 2 bridgehead atoms. The zero-order valence-corrected chi connectivity index (χ0v) is 15.8. The Morgan fingerprint density at radius 2 is 1.93 bits per heavy atom. The summed E-state index contributed by atoms with van der Waals surface area (Å²) in [6.45, 7) is 1.76. The number of β-amino-alcohol motifs (C(OH)–C–C–N with tert-alkyl or cyclic N) is 1. The molecule has 0 spiro atoms. The Morgan fingerprint density at radius 1 is 1.07 bits per heavy atom. The predicted molar refractivity (Wildman–Crippen MR) is 107 cm³/mol. The Balaban J connectivity index is 1.47. The molecule has 3 heteroatoms. The standard InChI is InChI=1S/C24H29NO2/c26-19-10-9-18-14-22-20-8-4-5-11-24(20,21(18)15-19)12-13-25(22)16-23(27)17-6-2-1-3-7-17/h1-3,6-7,9-10,15,20,22-23,26-27H,4-5,8,11-14,16H2/t20-,22-,23?,24-/m0/s1. The van der Waals surface area contributed by atoms with Crippen molar-refractivity contribution in [2.24, 2.45) is 5.92 Å². The van der Waals surface area contributed by atoms with Crippen molar-refractivity contribution in [1.29, 1.82) is 0 Å². The van der Waals surface area contributed by atoms with E-state index in [1.807, 2.05) is 36.4 Å². The van der Waals surface area contributed by atoms with Crippen molar-refractivity contribution in [2.45, 2.75) is 56.1 Å². The Hall–Kier alpha value is -1.84. The van der Waals surface area contributed by atoms with Gasteiger partial charge in [-0.15, -0.1) is 0 Å². The Bertz CT molecular complexity index is 820. The highest BCUT2D eigenvalue weighted by molar-refractivity contribution is 5.45. The molecule has 2 N–H and O–H groups in total. The molecule has 2 aromatic rings. The van der Waals surface area contributed by atoms with Crippen LogP contribution in [0.5, 0.6) is 5.75 Å². The van der Waals surface area contributed by atoms with Crippen LogP contribution in [0.2, 0.25) is 0 Å². The number of rotatable bonds is 3. The average molecular weight is 364 g/mol. The molecule has 1 saturated heterocycles. The number of fused-ring (bicyclic) bond motifs is 1. The van der Waals surface area contributed by atoms with Crippen molar-refractivity contribution >= 4 is 0 Å². The third-order valence-corrected chi connectivity index (χ3v) is 7.53. The first-order valence-electron chi connectivity index (χ1n) is 10.5. The molecule has 3 nitrogen and oxygen atoms in total. The molecular formula is C24H29NO2. The van der Waals surface area contributed by atoms with Gasteiger partial charge in [0, 0.05) is 18.0 Å². The van der Waals surface area contributed by atoms with Crippen molar-refractivity contribution in [3.05, 3.63) is 65.2 Å². The van der Waals surface area contributed by atoms with E-state index in [4.69, 9.17) is 0 Å². The minimum atomic E-state index is -0.427. The number of hydrogen-bond acceptors (Lipinski definition) is 3. The molecule has 142 valence electrons. The number of nitrogens with zero attached hydrogens (tertiary/aromatic N) is 1. The van der Waals surface area contributed by atoms with Gasteiger partial charge in [-0.1, -0.05) is 49.2 Å². The van der Waals surface area contributed by atoms with E-state index in [-0.39, 0.29) is 5.41 Å². The molecule has 0 radical (unpaired) electrons. The van der Waals surface area contributed by atoms with Crippen LogP contribution in [0.25, 0.3) is 0 Å². The second-order valence-corrected chi connectivity index (χ2v) is 8.79. The van der Waals surface area contributed by atoms with Crippen molar-refractivity contribution < 1.29 is 10.2 Å². The minimum absolute atomic E-state index is 0.240. The zero-order chi connectivity index (χ0) is 18.4. The first-order valence-corrected chi connectivity index (χ1v) is 10.5. The second-order valence-electron chi connectivity index (χ2n) is 8.79. The highest BCUT2D eigenvalue weighted by atomic mass is 16.3. The second kappa shape index (κ2) is 6.65. The molecule has 27 heavy (non-hydrogen) atoms. The van der Waals surface area contributed by atoms with Crippen LogP contribution in [-0.4, -0.2) is 34.2 Å². The summed E-state index contributed by atoms with van der Waals surface area (Å²) in [7, 11) is 0. The van der Waals surface area contributed by atoms with Gasteiger partial charge in [-0.05, 0) is 67.0 Å². The fraction of sp³-hybridized carbons (Fsp3) is 0.500. The van der Waals surface area contributed by atoms with E-state index in [2.05, 4.69) is 17.0 Å². The molecule has 1 aliphatic heterocycles. The van der Waals surface area contributed by atoms with Crippen molar-refractivity contribution in [3.63, 3.8) is 0 Å². The Morgan fingerprint density at radius 3 is 2.78 bits per heavy atom. The summed E-state index contributed by atoms with van der Waals surface area (Å²) in [4.78, 5) is 2.56. The van der Waals surface area contributed by atoms with Crippen LogP contribution in [0.15, 0.2) is 48.5 Å². The highest BCUT2D eigenvalue weighted by Crippen LogP contribution is 2.56. The van der Waals surface area contributed by atoms with Crippen LogP contribution in [0.1, 0.15) is 54.9 Å². The van der Waals surface area contributed by atoms with Crippen LogP contribution in [0, 0.1) is 5.92 Å². The summed E-state index contributed by atoms with van der Waals surface area (Å²) < 4.78 is 0. The normalized spacial score (nSPS) is 31.0. The summed E-state index contributed by atoms with van der Waals surface area (Å²) in [5, 5.41) is 20.9.